The van der Waals surface area contributed by atoms with Gasteiger partial charge in [0.05, 0.1) is 0 Å². The molecule has 1 N–H and O–H groups in total. The first-order valence-corrected chi connectivity index (χ1v) is 6.66. The summed E-state index contributed by atoms with van der Waals surface area (Å²) in [4.78, 5) is 2.42. The van der Waals surface area contributed by atoms with Crippen LogP contribution in [0.25, 0.3) is 0 Å². The zero-order valence-electron chi connectivity index (χ0n) is 11.5. The number of nitrogens with zero attached hydrogens (tertiary/aromatic N) is 1. The van der Waals surface area contributed by atoms with E-state index < -0.39 is 0 Å². The summed E-state index contributed by atoms with van der Waals surface area (Å²) in [5, 5.41) is 3.58. The average Bonchev–Trinajstić information content (AvgIpc) is 2.32. The highest BCUT2D eigenvalue weighted by Crippen LogP contribution is 2.26. The minimum absolute atomic E-state index is 0.167. The van der Waals surface area contributed by atoms with Crippen LogP contribution in [0.15, 0.2) is 24.3 Å². The molecule has 0 amide bonds. The second-order valence-electron chi connectivity index (χ2n) is 5.93. The molecule has 2 nitrogen and oxygen atoms in total. The van der Waals surface area contributed by atoms with Gasteiger partial charge in [-0.05, 0) is 58.0 Å². The number of rotatable bonds is 3. The molecule has 3 heteroatoms. The second-order valence-corrected chi connectivity index (χ2v) is 5.93. The van der Waals surface area contributed by atoms with Gasteiger partial charge in [-0.3, -0.25) is 0 Å². The smallest absolute Gasteiger partial charge is 0.123 e. The molecule has 0 spiro atoms. The predicted molar refractivity (Wildman–Crippen MR) is 73.0 cm³/mol. The Hall–Kier alpha value is -0.930. The van der Waals surface area contributed by atoms with Crippen molar-refractivity contribution in [1.29, 1.82) is 0 Å². The summed E-state index contributed by atoms with van der Waals surface area (Å²) >= 11 is 0. The summed E-state index contributed by atoms with van der Waals surface area (Å²) in [6.07, 6.45) is 2.34. The fourth-order valence-corrected chi connectivity index (χ4v) is 2.55. The van der Waals surface area contributed by atoms with Gasteiger partial charge in [-0.15, -0.1) is 0 Å². The molecule has 1 saturated heterocycles. The number of hydrogen-bond donors (Lipinski definition) is 1. The van der Waals surface area contributed by atoms with E-state index in [2.05, 4.69) is 31.1 Å². The summed E-state index contributed by atoms with van der Waals surface area (Å²) in [7, 11) is 2.19. The lowest BCUT2D eigenvalue weighted by atomic mass is 9.87. The van der Waals surface area contributed by atoms with E-state index in [-0.39, 0.29) is 11.4 Å². The molecule has 0 saturated carbocycles. The van der Waals surface area contributed by atoms with Gasteiger partial charge < -0.3 is 10.2 Å². The Morgan fingerprint density at radius 2 is 2.00 bits per heavy atom. The van der Waals surface area contributed by atoms with Crippen LogP contribution in [0.5, 0.6) is 0 Å². The Kier molecular flexibility index (Phi) is 4.03. The second kappa shape index (κ2) is 5.37. The highest BCUT2D eigenvalue weighted by atomic mass is 19.1. The fourth-order valence-electron chi connectivity index (χ4n) is 2.55. The monoisotopic (exact) mass is 250 g/mol. The summed E-state index contributed by atoms with van der Waals surface area (Å²) in [5.41, 5.74) is 1.41. The highest BCUT2D eigenvalue weighted by Gasteiger charge is 2.31. The molecular weight excluding hydrogens is 227 g/mol. The molecule has 18 heavy (non-hydrogen) atoms. The van der Waals surface area contributed by atoms with E-state index in [0.717, 1.165) is 25.1 Å². The van der Waals surface area contributed by atoms with Crippen LogP contribution < -0.4 is 5.32 Å². The number of benzene rings is 1. The lowest BCUT2D eigenvalue weighted by Gasteiger charge is -2.43. The quantitative estimate of drug-likeness (QED) is 0.887. The van der Waals surface area contributed by atoms with Crippen LogP contribution in [-0.2, 0) is 6.54 Å². The van der Waals surface area contributed by atoms with Crippen molar-refractivity contribution in [3.8, 4) is 0 Å². The number of hydrogen-bond acceptors (Lipinski definition) is 2. The van der Waals surface area contributed by atoms with Crippen molar-refractivity contribution in [3.05, 3.63) is 35.6 Å². The average molecular weight is 250 g/mol. The molecule has 0 aromatic heterocycles. The molecule has 100 valence electrons. The molecule has 1 atom stereocenters. The standard InChI is InChI=1S/C15H23FN2/c1-15(2)10-14(8-9-18(15)3)17-11-12-4-6-13(16)7-5-12/h4-7,14,17H,8-11H2,1-3H3/t14-/m0/s1. The van der Waals surface area contributed by atoms with E-state index in [1.807, 2.05) is 12.1 Å². The molecule has 1 aliphatic heterocycles. The number of nitrogens with one attached hydrogen (secondary N) is 1. The number of halogens is 1. The molecule has 0 unspecified atom stereocenters. The van der Waals surface area contributed by atoms with Gasteiger partial charge in [-0.1, -0.05) is 12.1 Å². The van der Waals surface area contributed by atoms with Crippen molar-refractivity contribution < 1.29 is 4.39 Å². The molecule has 0 aliphatic carbocycles. The molecular formula is C15H23FN2. The molecule has 1 aliphatic rings. The largest absolute Gasteiger partial charge is 0.310 e. The summed E-state index contributed by atoms with van der Waals surface area (Å²) in [5.74, 6) is -0.167. The van der Waals surface area contributed by atoms with Gasteiger partial charge in [0.1, 0.15) is 5.82 Å². The highest BCUT2D eigenvalue weighted by molar-refractivity contribution is 5.15. The Morgan fingerprint density at radius 3 is 2.61 bits per heavy atom. The van der Waals surface area contributed by atoms with Crippen LogP contribution >= 0.6 is 0 Å². The van der Waals surface area contributed by atoms with E-state index in [1.54, 1.807) is 0 Å². The maximum absolute atomic E-state index is 12.8. The van der Waals surface area contributed by atoms with Crippen LogP contribution in [0.1, 0.15) is 32.3 Å². The van der Waals surface area contributed by atoms with Gasteiger partial charge in [0.25, 0.3) is 0 Å². The van der Waals surface area contributed by atoms with Crippen molar-refractivity contribution >= 4 is 0 Å². The van der Waals surface area contributed by atoms with Crippen molar-refractivity contribution in [1.82, 2.24) is 10.2 Å². The normalized spacial score (nSPS) is 24.1. The lowest BCUT2D eigenvalue weighted by Crippen LogP contribution is -2.52. The van der Waals surface area contributed by atoms with Crippen LogP contribution in [0.2, 0.25) is 0 Å². The van der Waals surface area contributed by atoms with Crippen LogP contribution in [0, 0.1) is 5.82 Å². The van der Waals surface area contributed by atoms with E-state index >= 15 is 0 Å². The van der Waals surface area contributed by atoms with Crippen molar-refractivity contribution in [3.63, 3.8) is 0 Å². The van der Waals surface area contributed by atoms with Gasteiger partial charge >= 0.3 is 0 Å². The van der Waals surface area contributed by atoms with E-state index in [4.69, 9.17) is 0 Å². The van der Waals surface area contributed by atoms with Crippen molar-refractivity contribution in [2.45, 2.75) is 44.8 Å². The zero-order chi connectivity index (χ0) is 13.2. The molecule has 1 fully saturated rings. The van der Waals surface area contributed by atoms with Crippen LogP contribution in [0.4, 0.5) is 4.39 Å². The summed E-state index contributed by atoms with van der Waals surface area (Å²) < 4.78 is 12.8. The summed E-state index contributed by atoms with van der Waals surface area (Å²) in [6, 6.07) is 7.30. The van der Waals surface area contributed by atoms with Gasteiger partial charge in [-0.2, -0.15) is 0 Å². The molecule has 0 bridgehead atoms. The third-order valence-corrected chi connectivity index (χ3v) is 4.10. The maximum atomic E-state index is 12.8. The Bertz CT molecular complexity index is 386. The number of likely N-dealkylation sites (tertiary alicyclic amines) is 1. The first kappa shape index (κ1) is 13.5. The van der Waals surface area contributed by atoms with Gasteiger partial charge in [0, 0.05) is 18.1 Å². The maximum Gasteiger partial charge on any atom is 0.123 e. The zero-order valence-corrected chi connectivity index (χ0v) is 11.5. The first-order valence-electron chi connectivity index (χ1n) is 6.66. The topological polar surface area (TPSA) is 15.3 Å². The molecule has 2 rings (SSSR count). The van der Waals surface area contributed by atoms with Gasteiger partial charge in [0.2, 0.25) is 0 Å². The van der Waals surface area contributed by atoms with Gasteiger partial charge in [-0.25, -0.2) is 4.39 Å². The van der Waals surface area contributed by atoms with Crippen molar-refractivity contribution in [2.75, 3.05) is 13.6 Å². The van der Waals surface area contributed by atoms with Crippen molar-refractivity contribution in [2.24, 2.45) is 0 Å². The minimum atomic E-state index is -0.167. The van der Waals surface area contributed by atoms with E-state index in [1.165, 1.54) is 18.6 Å². The minimum Gasteiger partial charge on any atom is -0.310 e. The fraction of sp³-hybridized carbons (Fsp3) is 0.600. The predicted octanol–water partition coefficient (Wildman–Crippen LogP) is 2.79. The molecule has 1 heterocycles. The molecule has 1 aromatic rings. The van der Waals surface area contributed by atoms with E-state index in [9.17, 15) is 4.39 Å². The molecule has 0 radical (unpaired) electrons. The Morgan fingerprint density at radius 1 is 1.33 bits per heavy atom. The van der Waals surface area contributed by atoms with Crippen LogP contribution in [-0.4, -0.2) is 30.1 Å². The summed E-state index contributed by atoms with van der Waals surface area (Å²) in [6.45, 7) is 6.54. The first-order chi connectivity index (χ1) is 8.47. The Balaban J connectivity index is 1.86. The third kappa shape index (κ3) is 3.30. The number of piperidine rings is 1. The SMILES string of the molecule is CN1CC[C@H](NCc2ccc(F)cc2)CC1(C)C. The van der Waals surface area contributed by atoms with Gasteiger partial charge in [0.15, 0.2) is 0 Å². The van der Waals surface area contributed by atoms with Crippen LogP contribution in [0.3, 0.4) is 0 Å². The Labute approximate surface area is 109 Å². The molecule has 1 aromatic carbocycles. The van der Waals surface area contributed by atoms with E-state index in [0.29, 0.717) is 6.04 Å². The third-order valence-electron chi connectivity index (χ3n) is 4.10. The lowest BCUT2D eigenvalue weighted by molar-refractivity contribution is 0.0850.